The van der Waals surface area contributed by atoms with E-state index in [4.69, 9.17) is 0 Å². The van der Waals surface area contributed by atoms with Crippen molar-refractivity contribution in [3.8, 4) is 0 Å². The number of aliphatic hydroxyl groups excluding tert-OH is 1. The van der Waals surface area contributed by atoms with Crippen molar-refractivity contribution in [1.82, 2.24) is 9.78 Å². The predicted octanol–water partition coefficient (Wildman–Crippen LogP) is 1.37. The summed E-state index contributed by atoms with van der Waals surface area (Å²) < 4.78 is 1.35. The maximum atomic E-state index is 11.4. The Kier molecular flexibility index (Phi) is 3.67. The van der Waals surface area contributed by atoms with E-state index in [-0.39, 0.29) is 5.56 Å². The third-order valence-corrected chi connectivity index (χ3v) is 2.58. The van der Waals surface area contributed by atoms with Crippen molar-refractivity contribution in [2.45, 2.75) is 19.1 Å². The number of hydrogen-bond acceptors (Lipinski definition) is 3. The quantitative estimate of drug-likeness (QED) is 0.863. The lowest BCUT2D eigenvalue weighted by Crippen LogP contribution is -2.22. The van der Waals surface area contributed by atoms with Crippen molar-refractivity contribution in [3.05, 3.63) is 64.6 Å². The molecular weight excluding hydrogens is 216 g/mol. The Morgan fingerprint density at radius 3 is 2.65 bits per heavy atom. The Morgan fingerprint density at radius 2 is 1.94 bits per heavy atom. The average Bonchev–Trinajstić information content (AvgIpc) is 2.38. The topological polar surface area (TPSA) is 55.1 Å². The van der Waals surface area contributed by atoms with Crippen LogP contribution in [0, 0.1) is 0 Å². The molecule has 0 radical (unpaired) electrons. The fourth-order valence-electron chi connectivity index (χ4n) is 1.64. The van der Waals surface area contributed by atoms with Gasteiger partial charge < -0.3 is 5.11 Å². The van der Waals surface area contributed by atoms with Crippen molar-refractivity contribution in [1.29, 1.82) is 0 Å². The van der Waals surface area contributed by atoms with Crippen LogP contribution in [0.4, 0.5) is 0 Å². The number of nitrogens with zero attached hydrogens (tertiary/aromatic N) is 2. The molecule has 4 nitrogen and oxygen atoms in total. The summed E-state index contributed by atoms with van der Waals surface area (Å²) in [4.78, 5) is 11.4. The predicted molar refractivity (Wildman–Crippen MR) is 64.5 cm³/mol. The molecule has 0 aliphatic heterocycles. The van der Waals surface area contributed by atoms with Crippen LogP contribution < -0.4 is 5.56 Å². The van der Waals surface area contributed by atoms with Gasteiger partial charge in [-0.15, -0.1) is 0 Å². The second-order valence-corrected chi connectivity index (χ2v) is 3.80. The van der Waals surface area contributed by atoms with Gasteiger partial charge in [0.15, 0.2) is 0 Å². The number of hydrogen-bond donors (Lipinski definition) is 1. The molecule has 17 heavy (non-hydrogen) atoms. The molecule has 0 amide bonds. The first-order valence-electron chi connectivity index (χ1n) is 5.52. The van der Waals surface area contributed by atoms with Gasteiger partial charge in [0.25, 0.3) is 5.56 Å². The molecule has 1 atom stereocenters. The number of rotatable bonds is 4. The van der Waals surface area contributed by atoms with Crippen molar-refractivity contribution < 1.29 is 5.11 Å². The number of benzene rings is 1. The summed E-state index contributed by atoms with van der Waals surface area (Å²) in [7, 11) is 0. The van der Waals surface area contributed by atoms with Crippen LogP contribution in [0.25, 0.3) is 0 Å². The van der Waals surface area contributed by atoms with E-state index in [1.807, 2.05) is 30.3 Å². The Morgan fingerprint density at radius 1 is 1.18 bits per heavy atom. The number of aromatic nitrogens is 2. The van der Waals surface area contributed by atoms with Gasteiger partial charge in [0.05, 0.1) is 6.10 Å². The van der Waals surface area contributed by atoms with Gasteiger partial charge in [0, 0.05) is 18.8 Å². The highest BCUT2D eigenvalue weighted by Crippen LogP contribution is 2.15. The van der Waals surface area contributed by atoms with Crippen LogP contribution in [0.5, 0.6) is 0 Å². The maximum Gasteiger partial charge on any atom is 0.266 e. The number of aryl methyl sites for hydroxylation is 1. The normalized spacial score (nSPS) is 12.3. The van der Waals surface area contributed by atoms with E-state index in [1.165, 1.54) is 10.7 Å². The Bertz CT molecular complexity index is 522. The van der Waals surface area contributed by atoms with Gasteiger partial charge >= 0.3 is 0 Å². The molecule has 0 fully saturated rings. The molecule has 1 aromatic carbocycles. The second kappa shape index (κ2) is 5.41. The monoisotopic (exact) mass is 230 g/mol. The first-order chi connectivity index (χ1) is 8.27. The molecule has 1 heterocycles. The lowest BCUT2D eigenvalue weighted by Gasteiger charge is -2.11. The van der Waals surface area contributed by atoms with E-state index < -0.39 is 6.10 Å². The summed E-state index contributed by atoms with van der Waals surface area (Å²) in [6, 6.07) is 12.5. The second-order valence-electron chi connectivity index (χ2n) is 3.80. The smallest absolute Gasteiger partial charge is 0.266 e. The Labute approximate surface area is 99.2 Å². The summed E-state index contributed by atoms with van der Waals surface area (Å²) in [5.74, 6) is 0. The van der Waals surface area contributed by atoms with E-state index in [2.05, 4.69) is 5.10 Å². The van der Waals surface area contributed by atoms with Crippen LogP contribution in [0.3, 0.4) is 0 Å². The van der Waals surface area contributed by atoms with Gasteiger partial charge in [-0.2, -0.15) is 5.10 Å². The number of aliphatic hydroxyl groups is 1. The summed E-state index contributed by atoms with van der Waals surface area (Å²) >= 11 is 0. The zero-order valence-electron chi connectivity index (χ0n) is 9.36. The van der Waals surface area contributed by atoms with Crippen LogP contribution in [0.1, 0.15) is 18.1 Å². The zero-order chi connectivity index (χ0) is 12.1. The van der Waals surface area contributed by atoms with Gasteiger partial charge in [-0.1, -0.05) is 30.3 Å². The van der Waals surface area contributed by atoms with E-state index in [1.54, 1.807) is 12.3 Å². The molecule has 0 aliphatic carbocycles. The first-order valence-corrected chi connectivity index (χ1v) is 5.52. The lowest BCUT2D eigenvalue weighted by atomic mass is 10.1. The standard InChI is InChI=1S/C13H14N2O2/c16-12(11-5-2-1-3-6-11)8-10-15-13(17)7-4-9-14-15/h1-7,9,12,16H,8,10H2/t12-/m1/s1. The minimum Gasteiger partial charge on any atom is -0.388 e. The molecule has 0 saturated heterocycles. The fraction of sp³-hybridized carbons (Fsp3) is 0.231. The minimum absolute atomic E-state index is 0.146. The highest BCUT2D eigenvalue weighted by molar-refractivity contribution is 5.16. The highest BCUT2D eigenvalue weighted by Gasteiger charge is 2.07. The molecule has 0 unspecified atom stereocenters. The molecule has 4 heteroatoms. The van der Waals surface area contributed by atoms with Gasteiger partial charge in [0.2, 0.25) is 0 Å². The van der Waals surface area contributed by atoms with Gasteiger partial charge in [0.1, 0.15) is 0 Å². The third kappa shape index (κ3) is 3.01. The Hall–Kier alpha value is -1.94. The lowest BCUT2D eigenvalue weighted by molar-refractivity contribution is 0.158. The molecule has 2 aromatic rings. The maximum absolute atomic E-state index is 11.4. The van der Waals surface area contributed by atoms with Crippen molar-refractivity contribution in [2.75, 3.05) is 0 Å². The molecular formula is C13H14N2O2. The molecule has 0 bridgehead atoms. The highest BCUT2D eigenvalue weighted by atomic mass is 16.3. The van der Waals surface area contributed by atoms with Crippen molar-refractivity contribution in [3.63, 3.8) is 0 Å². The van der Waals surface area contributed by atoms with Crippen molar-refractivity contribution in [2.24, 2.45) is 0 Å². The van der Waals surface area contributed by atoms with E-state index in [9.17, 15) is 9.90 Å². The molecule has 0 spiro atoms. The first kappa shape index (κ1) is 11.5. The van der Waals surface area contributed by atoms with Crippen molar-refractivity contribution >= 4 is 0 Å². The fourth-order valence-corrected chi connectivity index (χ4v) is 1.64. The van der Waals surface area contributed by atoms with Gasteiger partial charge in [-0.05, 0) is 18.1 Å². The largest absolute Gasteiger partial charge is 0.388 e. The van der Waals surface area contributed by atoms with Crippen LogP contribution in [0.2, 0.25) is 0 Å². The van der Waals surface area contributed by atoms with Crippen LogP contribution in [0.15, 0.2) is 53.5 Å². The SMILES string of the molecule is O=c1cccnn1CC[C@@H](O)c1ccccc1. The molecule has 0 aliphatic rings. The molecule has 1 aromatic heterocycles. The summed E-state index contributed by atoms with van der Waals surface area (Å²) in [5.41, 5.74) is 0.712. The minimum atomic E-state index is -0.565. The van der Waals surface area contributed by atoms with E-state index in [0.29, 0.717) is 13.0 Å². The van der Waals surface area contributed by atoms with Crippen LogP contribution in [-0.4, -0.2) is 14.9 Å². The summed E-state index contributed by atoms with van der Waals surface area (Å²) in [5, 5.41) is 13.9. The summed E-state index contributed by atoms with van der Waals surface area (Å²) in [6.45, 7) is 0.412. The van der Waals surface area contributed by atoms with E-state index >= 15 is 0 Å². The summed E-state index contributed by atoms with van der Waals surface area (Å²) in [6.07, 6.45) is 1.47. The molecule has 2 rings (SSSR count). The van der Waals surface area contributed by atoms with Crippen LogP contribution >= 0.6 is 0 Å². The third-order valence-electron chi connectivity index (χ3n) is 2.58. The zero-order valence-corrected chi connectivity index (χ0v) is 9.36. The van der Waals surface area contributed by atoms with Crippen LogP contribution in [-0.2, 0) is 6.54 Å². The molecule has 1 N–H and O–H groups in total. The van der Waals surface area contributed by atoms with E-state index in [0.717, 1.165) is 5.56 Å². The molecule has 88 valence electrons. The van der Waals surface area contributed by atoms with Gasteiger partial charge in [-0.3, -0.25) is 4.79 Å². The Balaban J connectivity index is 2.00. The molecule has 0 saturated carbocycles. The van der Waals surface area contributed by atoms with Gasteiger partial charge in [-0.25, -0.2) is 4.68 Å². The average molecular weight is 230 g/mol.